The van der Waals surface area contributed by atoms with Crippen LogP contribution < -0.4 is 0 Å². The van der Waals surface area contributed by atoms with Crippen molar-refractivity contribution in [1.29, 1.82) is 0 Å². The van der Waals surface area contributed by atoms with E-state index in [1.165, 1.54) is 12.8 Å². The first-order chi connectivity index (χ1) is 16.8. The van der Waals surface area contributed by atoms with Gasteiger partial charge in [0, 0.05) is 10.8 Å². The summed E-state index contributed by atoms with van der Waals surface area (Å²) < 4.78 is 12.4. The summed E-state index contributed by atoms with van der Waals surface area (Å²) in [6, 6.07) is 7.87. The van der Waals surface area contributed by atoms with Crippen LogP contribution in [-0.2, 0) is 25.5 Å². The van der Waals surface area contributed by atoms with Crippen LogP contribution in [0.4, 0.5) is 0 Å². The first kappa shape index (κ1) is 25.5. The van der Waals surface area contributed by atoms with Gasteiger partial charge >= 0.3 is 11.9 Å². The zero-order chi connectivity index (χ0) is 26.1. The summed E-state index contributed by atoms with van der Waals surface area (Å²) >= 11 is 0. The predicted octanol–water partition coefficient (Wildman–Crippen LogP) is 7.00. The normalized spacial score (nSPS) is 38.1. The molecular weight excluding hydrogens is 448 g/mol. The van der Waals surface area contributed by atoms with Crippen LogP contribution in [0.15, 0.2) is 30.8 Å². The summed E-state index contributed by atoms with van der Waals surface area (Å²) in [5.41, 5.74) is 2.12. The van der Waals surface area contributed by atoms with Gasteiger partial charge in [0.25, 0.3) is 0 Å². The quantitative estimate of drug-likeness (QED) is 0.304. The maximum Gasteiger partial charge on any atom is 0.320 e. The van der Waals surface area contributed by atoms with Crippen LogP contribution >= 0.6 is 0 Å². The molecule has 0 N–H and O–H groups in total. The molecule has 5 rings (SSSR count). The fourth-order valence-electron chi connectivity index (χ4n) is 8.35. The number of fused-ring (bicyclic) bond motifs is 4. The highest BCUT2D eigenvalue weighted by Crippen LogP contribution is 2.67. The molecule has 0 aliphatic heterocycles. The van der Waals surface area contributed by atoms with Gasteiger partial charge in [0.1, 0.15) is 12.2 Å². The number of hydrogen-bond donors (Lipinski definition) is 0. The van der Waals surface area contributed by atoms with Crippen LogP contribution in [0, 0.1) is 39.4 Å². The van der Waals surface area contributed by atoms with Crippen molar-refractivity contribution in [2.45, 2.75) is 98.7 Å². The van der Waals surface area contributed by atoms with Crippen LogP contribution in [0.2, 0.25) is 0 Å². The standard InChI is InChI=1S/C32H44O4/c1-8-20-9-11-21(12-10-20)17-24(27(33)35-25-18-22-13-15-31(25,6)29(22,2)3)28(34)36-26-19-23-14-16-32(26,7)30(23,4)5/h8-12,22-26H,1,13-19H2,2-7H3. The second-order valence-corrected chi connectivity index (χ2v) is 13.8. The molecule has 4 nitrogen and oxygen atoms in total. The molecule has 4 saturated carbocycles. The zero-order valence-electron chi connectivity index (χ0n) is 23.1. The Balaban J connectivity index is 1.36. The fourth-order valence-corrected chi connectivity index (χ4v) is 8.35. The Morgan fingerprint density at radius 3 is 1.64 bits per heavy atom. The van der Waals surface area contributed by atoms with Crippen molar-refractivity contribution in [1.82, 2.24) is 0 Å². The molecule has 36 heavy (non-hydrogen) atoms. The zero-order valence-corrected chi connectivity index (χ0v) is 23.1. The molecule has 0 saturated heterocycles. The van der Waals surface area contributed by atoms with Gasteiger partial charge in [0.2, 0.25) is 0 Å². The third kappa shape index (κ3) is 3.61. The molecule has 0 amide bonds. The van der Waals surface area contributed by atoms with Crippen molar-refractivity contribution < 1.29 is 19.1 Å². The van der Waals surface area contributed by atoms with E-state index in [2.05, 4.69) is 48.1 Å². The molecule has 4 heteroatoms. The molecule has 0 radical (unpaired) electrons. The molecule has 4 aliphatic rings. The van der Waals surface area contributed by atoms with Gasteiger partial charge in [0.05, 0.1) is 0 Å². The number of benzene rings is 1. The number of ether oxygens (including phenoxy) is 2. The van der Waals surface area contributed by atoms with Gasteiger partial charge < -0.3 is 9.47 Å². The summed E-state index contributed by atoms with van der Waals surface area (Å²) in [7, 11) is 0. The first-order valence-corrected chi connectivity index (χ1v) is 14.0. The minimum absolute atomic E-state index is 0.0461. The SMILES string of the molecule is C=Cc1ccc(CC(C(=O)OC2CC3CCC2(C)C3(C)C)C(=O)OC2CC3CCC2(C)C3(C)C)cc1. The van der Waals surface area contributed by atoms with E-state index in [0.717, 1.165) is 36.8 Å². The van der Waals surface area contributed by atoms with Crippen molar-refractivity contribution in [3.8, 4) is 0 Å². The number of hydrogen-bond acceptors (Lipinski definition) is 4. The molecule has 6 unspecified atom stereocenters. The highest BCUT2D eigenvalue weighted by Gasteiger charge is 2.64. The summed E-state index contributed by atoms with van der Waals surface area (Å²) in [6.07, 6.45) is 8.09. The van der Waals surface area contributed by atoms with Gasteiger partial charge in [-0.25, -0.2) is 0 Å². The summed E-state index contributed by atoms with van der Waals surface area (Å²) in [4.78, 5) is 27.4. The van der Waals surface area contributed by atoms with E-state index in [4.69, 9.17) is 9.47 Å². The van der Waals surface area contributed by atoms with E-state index in [0.29, 0.717) is 18.3 Å². The monoisotopic (exact) mass is 492 g/mol. The molecule has 196 valence electrons. The third-order valence-corrected chi connectivity index (χ3v) is 12.2. The first-order valence-electron chi connectivity index (χ1n) is 14.0. The number of carbonyl (C=O) groups excluding carboxylic acids is 2. The number of rotatable bonds is 7. The highest BCUT2D eigenvalue weighted by molar-refractivity contribution is 5.95. The number of carbonyl (C=O) groups is 2. The summed E-state index contributed by atoms with van der Waals surface area (Å²) in [6.45, 7) is 17.6. The topological polar surface area (TPSA) is 52.6 Å². The van der Waals surface area contributed by atoms with Crippen LogP contribution in [0.1, 0.15) is 91.2 Å². The lowest BCUT2D eigenvalue weighted by molar-refractivity contribution is -0.176. The molecule has 0 heterocycles. The Morgan fingerprint density at radius 2 is 1.31 bits per heavy atom. The van der Waals surface area contributed by atoms with Crippen molar-refractivity contribution in [2.24, 2.45) is 39.4 Å². The van der Waals surface area contributed by atoms with Gasteiger partial charge in [-0.15, -0.1) is 0 Å². The molecule has 4 fully saturated rings. The fraction of sp³-hybridized carbons (Fsp3) is 0.688. The van der Waals surface area contributed by atoms with Crippen molar-refractivity contribution in [3.05, 3.63) is 42.0 Å². The third-order valence-electron chi connectivity index (χ3n) is 12.2. The minimum Gasteiger partial charge on any atom is -0.461 e. The average Bonchev–Trinajstić information content (AvgIpc) is 3.35. The van der Waals surface area contributed by atoms with E-state index < -0.39 is 17.9 Å². The molecule has 1 aromatic rings. The Morgan fingerprint density at radius 1 is 0.861 bits per heavy atom. The van der Waals surface area contributed by atoms with Crippen LogP contribution in [-0.4, -0.2) is 24.1 Å². The lowest BCUT2D eigenvalue weighted by atomic mass is 9.70. The molecule has 0 aromatic heterocycles. The Kier molecular flexibility index (Phi) is 6.00. The van der Waals surface area contributed by atoms with Gasteiger partial charge in [-0.05, 0) is 78.7 Å². The van der Waals surface area contributed by atoms with E-state index in [9.17, 15) is 9.59 Å². The lowest BCUT2D eigenvalue weighted by Gasteiger charge is -2.39. The van der Waals surface area contributed by atoms with E-state index in [1.807, 2.05) is 24.3 Å². The molecular formula is C32H44O4. The van der Waals surface area contributed by atoms with Crippen molar-refractivity contribution in [2.75, 3.05) is 0 Å². The largest absolute Gasteiger partial charge is 0.461 e. The maximum absolute atomic E-state index is 13.7. The summed E-state index contributed by atoms with van der Waals surface area (Å²) in [5.74, 6) is -0.664. The second-order valence-electron chi connectivity index (χ2n) is 13.8. The Labute approximate surface area is 217 Å². The smallest absolute Gasteiger partial charge is 0.320 e. The lowest BCUT2D eigenvalue weighted by Crippen LogP contribution is -2.43. The maximum atomic E-state index is 13.7. The highest BCUT2D eigenvalue weighted by atomic mass is 16.6. The Bertz CT molecular complexity index is 994. The van der Waals surface area contributed by atoms with Crippen LogP contribution in [0.5, 0.6) is 0 Å². The van der Waals surface area contributed by atoms with Gasteiger partial charge in [-0.1, -0.05) is 78.5 Å². The van der Waals surface area contributed by atoms with Crippen LogP contribution in [0.25, 0.3) is 6.08 Å². The van der Waals surface area contributed by atoms with Gasteiger partial charge in [-0.3, -0.25) is 9.59 Å². The van der Waals surface area contributed by atoms with Crippen molar-refractivity contribution >= 4 is 18.0 Å². The van der Waals surface area contributed by atoms with Gasteiger partial charge in [0.15, 0.2) is 5.92 Å². The molecule has 6 atom stereocenters. The van der Waals surface area contributed by atoms with E-state index in [-0.39, 0.29) is 33.9 Å². The van der Waals surface area contributed by atoms with Crippen molar-refractivity contribution in [3.63, 3.8) is 0 Å². The molecule has 4 aliphatic carbocycles. The molecule has 1 aromatic carbocycles. The average molecular weight is 493 g/mol. The van der Waals surface area contributed by atoms with E-state index in [1.54, 1.807) is 6.08 Å². The molecule has 0 spiro atoms. The van der Waals surface area contributed by atoms with E-state index >= 15 is 0 Å². The number of esters is 2. The predicted molar refractivity (Wildman–Crippen MR) is 142 cm³/mol. The Hall–Kier alpha value is -2.10. The minimum atomic E-state index is -0.948. The van der Waals surface area contributed by atoms with Crippen LogP contribution in [0.3, 0.4) is 0 Å². The summed E-state index contributed by atoms with van der Waals surface area (Å²) in [5, 5.41) is 0. The van der Waals surface area contributed by atoms with Gasteiger partial charge in [-0.2, -0.15) is 0 Å². The second kappa shape index (κ2) is 8.46. The molecule has 4 bridgehead atoms.